The Kier molecular flexibility index (Phi) is 3.92. The molecule has 6 heteroatoms. The van der Waals surface area contributed by atoms with Crippen LogP contribution in [-0.2, 0) is 6.42 Å². The van der Waals surface area contributed by atoms with E-state index in [9.17, 15) is 18.4 Å². The number of carbonyl (C=O) groups is 2. The van der Waals surface area contributed by atoms with Crippen molar-refractivity contribution in [3.05, 3.63) is 70.8 Å². The van der Waals surface area contributed by atoms with Gasteiger partial charge in [-0.2, -0.15) is 0 Å². The van der Waals surface area contributed by atoms with E-state index in [1.54, 1.807) is 24.3 Å². The van der Waals surface area contributed by atoms with E-state index in [0.717, 1.165) is 17.0 Å². The first-order chi connectivity index (χ1) is 11.0. The van der Waals surface area contributed by atoms with E-state index in [4.69, 9.17) is 5.73 Å². The van der Waals surface area contributed by atoms with Crippen molar-refractivity contribution in [2.45, 2.75) is 12.5 Å². The van der Waals surface area contributed by atoms with E-state index in [1.165, 1.54) is 6.07 Å². The molecule has 0 aliphatic carbocycles. The van der Waals surface area contributed by atoms with E-state index in [-0.39, 0.29) is 24.8 Å². The van der Waals surface area contributed by atoms with Crippen LogP contribution in [0, 0.1) is 11.6 Å². The summed E-state index contributed by atoms with van der Waals surface area (Å²) in [6.07, 6.45) is 0.227. The van der Waals surface area contributed by atoms with Crippen molar-refractivity contribution in [2.24, 2.45) is 5.73 Å². The van der Waals surface area contributed by atoms with Crippen molar-refractivity contribution in [3.63, 3.8) is 0 Å². The zero-order valence-corrected chi connectivity index (χ0v) is 12.1. The molecule has 0 aromatic heterocycles. The van der Waals surface area contributed by atoms with E-state index < -0.39 is 17.7 Å². The number of imide groups is 1. The van der Waals surface area contributed by atoms with Gasteiger partial charge in [0.25, 0.3) is 11.8 Å². The number of fused-ring (bicyclic) bond motifs is 1. The van der Waals surface area contributed by atoms with Crippen LogP contribution in [0.4, 0.5) is 8.78 Å². The molecule has 2 amide bonds. The summed E-state index contributed by atoms with van der Waals surface area (Å²) in [6.45, 7) is 0.0192. The molecule has 118 valence electrons. The van der Waals surface area contributed by atoms with Crippen LogP contribution >= 0.6 is 0 Å². The lowest BCUT2D eigenvalue weighted by Crippen LogP contribution is -2.41. The minimum absolute atomic E-state index is 0.0192. The van der Waals surface area contributed by atoms with Crippen LogP contribution in [0.15, 0.2) is 42.5 Å². The van der Waals surface area contributed by atoms with Crippen molar-refractivity contribution >= 4 is 11.8 Å². The molecule has 0 saturated heterocycles. The van der Waals surface area contributed by atoms with Crippen molar-refractivity contribution in [3.8, 4) is 0 Å². The number of amides is 2. The Hall–Kier alpha value is -2.60. The Labute approximate surface area is 131 Å². The number of rotatable bonds is 4. The molecule has 0 saturated carbocycles. The minimum Gasteiger partial charge on any atom is -0.326 e. The molecule has 0 radical (unpaired) electrons. The Morgan fingerprint density at radius 3 is 2.13 bits per heavy atom. The third kappa shape index (κ3) is 2.85. The lowest BCUT2D eigenvalue weighted by molar-refractivity contribution is 0.0644. The molecule has 0 unspecified atom stereocenters. The standard InChI is InChI=1S/C17H14F2N2O2/c18-14-6-5-10(8-15(14)19)7-11(20)9-21-16(22)12-3-1-2-4-13(12)17(21)23/h1-6,8,11H,7,9,20H2/t11-/m0/s1. The van der Waals surface area contributed by atoms with Crippen LogP contribution in [-0.4, -0.2) is 29.3 Å². The Balaban J connectivity index is 1.71. The summed E-state index contributed by atoms with van der Waals surface area (Å²) >= 11 is 0. The molecule has 1 heterocycles. The van der Waals surface area contributed by atoms with E-state index in [0.29, 0.717) is 16.7 Å². The van der Waals surface area contributed by atoms with Crippen molar-refractivity contribution < 1.29 is 18.4 Å². The van der Waals surface area contributed by atoms with Gasteiger partial charge < -0.3 is 5.73 Å². The highest BCUT2D eigenvalue weighted by molar-refractivity contribution is 6.21. The smallest absolute Gasteiger partial charge is 0.261 e. The van der Waals surface area contributed by atoms with Gasteiger partial charge in [-0.25, -0.2) is 8.78 Å². The van der Waals surface area contributed by atoms with Crippen LogP contribution in [0.2, 0.25) is 0 Å². The van der Waals surface area contributed by atoms with Crippen LogP contribution in [0.1, 0.15) is 26.3 Å². The van der Waals surface area contributed by atoms with Gasteiger partial charge in [-0.15, -0.1) is 0 Å². The molecule has 3 rings (SSSR count). The van der Waals surface area contributed by atoms with Gasteiger partial charge in [0.1, 0.15) is 0 Å². The molecule has 0 fully saturated rings. The predicted molar refractivity (Wildman–Crippen MR) is 79.8 cm³/mol. The molecule has 2 aromatic rings. The highest BCUT2D eigenvalue weighted by atomic mass is 19.2. The van der Waals surface area contributed by atoms with Gasteiger partial charge in [0.2, 0.25) is 0 Å². The number of benzene rings is 2. The summed E-state index contributed by atoms with van der Waals surface area (Å²) < 4.78 is 26.1. The Morgan fingerprint density at radius 1 is 0.957 bits per heavy atom. The molecule has 1 aliphatic heterocycles. The maximum atomic E-state index is 13.2. The van der Waals surface area contributed by atoms with Crippen LogP contribution in [0.3, 0.4) is 0 Å². The molecule has 1 atom stereocenters. The number of nitrogens with zero attached hydrogens (tertiary/aromatic N) is 1. The number of nitrogens with two attached hydrogens (primary N) is 1. The first-order valence-corrected chi connectivity index (χ1v) is 7.12. The molecular weight excluding hydrogens is 302 g/mol. The lowest BCUT2D eigenvalue weighted by atomic mass is 10.1. The van der Waals surface area contributed by atoms with Gasteiger partial charge >= 0.3 is 0 Å². The summed E-state index contributed by atoms with van der Waals surface area (Å²) in [7, 11) is 0. The van der Waals surface area contributed by atoms with Crippen molar-refractivity contribution in [1.29, 1.82) is 0 Å². The predicted octanol–water partition coefficient (Wildman–Crippen LogP) is 2.13. The summed E-state index contributed by atoms with van der Waals surface area (Å²) in [5.74, 6) is -2.64. The minimum atomic E-state index is -0.949. The lowest BCUT2D eigenvalue weighted by Gasteiger charge is -2.19. The fourth-order valence-electron chi connectivity index (χ4n) is 2.67. The fraction of sp³-hybridized carbons (Fsp3) is 0.176. The SMILES string of the molecule is N[C@@H](Cc1ccc(F)c(F)c1)CN1C(=O)c2ccccc2C1=O. The van der Waals surface area contributed by atoms with Gasteiger partial charge in [0, 0.05) is 12.6 Å². The normalized spacial score (nSPS) is 15.0. The second-order valence-corrected chi connectivity index (χ2v) is 5.48. The maximum absolute atomic E-state index is 13.2. The van der Waals surface area contributed by atoms with Gasteiger partial charge in [-0.3, -0.25) is 14.5 Å². The maximum Gasteiger partial charge on any atom is 0.261 e. The van der Waals surface area contributed by atoms with Gasteiger partial charge in [-0.1, -0.05) is 18.2 Å². The monoisotopic (exact) mass is 316 g/mol. The molecule has 23 heavy (non-hydrogen) atoms. The third-order valence-corrected chi connectivity index (χ3v) is 3.78. The molecule has 2 aromatic carbocycles. The second-order valence-electron chi connectivity index (χ2n) is 5.48. The van der Waals surface area contributed by atoms with Crippen molar-refractivity contribution in [1.82, 2.24) is 4.90 Å². The number of carbonyl (C=O) groups excluding carboxylic acids is 2. The van der Waals surface area contributed by atoms with Crippen LogP contribution < -0.4 is 5.73 Å². The zero-order valence-electron chi connectivity index (χ0n) is 12.1. The molecule has 4 nitrogen and oxygen atoms in total. The topological polar surface area (TPSA) is 63.4 Å². The number of hydrogen-bond acceptors (Lipinski definition) is 3. The molecule has 0 spiro atoms. The average molecular weight is 316 g/mol. The van der Waals surface area contributed by atoms with Crippen LogP contribution in [0.5, 0.6) is 0 Å². The quantitative estimate of drug-likeness (QED) is 0.879. The second kappa shape index (κ2) is 5.89. The average Bonchev–Trinajstić information content (AvgIpc) is 2.76. The van der Waals surface area contributed by atoms with E-state index >= 15 is 0 Å². The highest BCUT2D eigenvalue weighted by Gasteiger charge is 2.35. The van der Waals surface area contributed by atoms with Crippen LogP contribution in [0.25, 0.3) is 0 Å². The first-order valence-electron chi connectivity index (χ1n) is 7.12. The third-order valence-electron chi connectivity index (χ3n) is 3.78. The Morgan fingerprint density at radius 2 is 1.57 bits per heavy atom. The van der Waals surface area contributed by atoms with Gasteiger partial charge in [0.15, 0.2) is 11.6 Å². The van der Waals surface area contributed by atoms with E-state index in [1.807, 2.05) is 0 Å². The van der Waals surface area contributed by atoms with Gasteiger partial charge in [-0.05, 0) is 36.2 Å². The summed E-state index contributed by atoms with van der Waals surface area (Å²) in [5.41, 5.74) is 7.20. The number of hydrogen-bond donors (Lipinski definition) is 1. The first kappa shape index (κ1) is 15.3. The zero-order chi connectivity index (χ0) is 16.6. The fourth-order valence-corrected chi connectivity index (χ4v) is 2.67. The van der Waals surface area contributed by atoms with E-state index in [2.05, 4.69) is 0 Å². The summed E-state index contributed by atoms with van der Waals surface area (Å²) in [5, 5.41) is 0. The highest BCUT2D eigenvalue weighted by Crippen LogP contribution is 2.22. The van der Waals surface area contributed by atoms with Crippen molar-refractivity contribution in [2.75, 3.05) is 6.54 Å². The molecule has 2 N–H and O–H groups in total. The summed E-state index contributed by atoms with van der Waals surface area (Å²) in [6, 6.07) is 9.52. The van der Waals surface area contributed by atoms with Gasteiger partial charge in [0.05, 0.1) is 11.1 Å². The Bertz CT molecular complexity index is 757. The largest absolute Gasteiger partial charge is 0.326 e. The molecule has 1 aliphatic rings. The molecule has 0 bridgehead atoms. The molecular formula is C17H14F2N2O2. The summed E-state index contributed by atoms with van der Waals surface area (Å²) in [4.78, 5) is 25.6. The number of halogens is 2.